The highest BCUT2D eigenvalue weighted by Crippen LogP contribution is 2.32. The molecule has 0 saturated heterocycles. The summed E-state index contributed by atoms with van der Waals surface area (Å²) < 4.78 is 0. The number of amides is 1. The van der Waals surface area contributed by atoms with Gasteiger partial charge in [0.1, 0.15) is 6.04 Å². The third-order valence-corrected chi connectivity index (χ3v) is 4.57. The smallest absolute Gasteiger partial charge is 0.330 e. The number of carbonyl (C=O) groups is 3. The van der Waals surface area contributed by atoms with Gasteiger partial charge in [-0.2, -0.15) is 0 Å². The molecule has 0 bridgehead atoms. The first-order chi connectivity index (χ1) is 9.54. The van der Waals surface area contributed by atoms with Crippen LogP contribution in [-0.4, -0.2) is 45.3 Å². The zero-order valence-corrected chi connectivity index (χ0v) is 14.0. The molecule has 0 radical (unpaired) electrons. The average Bonchev–Trinajstić information content (AvgIpc) is 2.79. The quantitative estimate of drug-likeness (QED) is 0.805. The molecule has 21 heavy (non-hydrogen) atoms. The van der Waals surface area contributed by atoms with Gasteiger partial charge in [0.05, 0.1) is 0 Å². The highest BCUT2D eigenvalue weighted by Gasteiger charge is 2.38. The lowest BCUT2D eigenvalue weighted by Crippen LogP contribution is -2.44. The summed E-state index contributed by atoms with van der Waals surface area (Å²) in [6.45, 7) is 9.53. The molecule has 0 spiro atoms. The molecule has 0 aromatic carbocycles. The van der Waals surface area contributed by atoms with Crippen molar-refractivity contribution < 1.29 is 19.5 Å². The third kappa shape index (κ3) is 4.59. The van der Waals surface area contributed by atoms with Gasteiger partial charge in [-0.1, -0.05) is 39.5 Å². The van der Waals surface area contributed by atoms with Crippen molar-refractivity contribution >= 4 is 28.8 Å². The molecule has 0 aromatic rings. The van der Waals surface area contributed by atoms with E-state index < -0.39 is 12.0 Å². The van der Waals surface area contributed by atoms with E-state index in [0.29, 0.717) is 12.3 Å². The average molecular weight is 313 g/mol. The largest absolute Gasteiger partial charge is 0.479 e. The molecular formula is C15H23NO4S. The predicted molar refractivity (Wildman–Crippen MR) is 83.0 cm³/mol. The lowest BCUT2D eigenvalue weighted by Gasteiger charge is -2.27. The molecule has 1 N–H and O–H groups in total. The molecule has 6 heteroatoms. The van der Waals surface area contributed by atoms with Gasteiger partial charge >= 0.3 is 5.97 Å². The fourth-order valence-corrected chi connectivity index (χ4v) is 2.75. The lowest BCUT2D eigenvalue weighted by atomic mass is 9.87. The molecule has 1 rings (SSSR count). The van der Waals surface area contributed by atoms with E-state index in [-0.39, 0.29) is 22.4 Å². The Morgan fingerprint density at radius 3 is 2.43 bits per heavy atom. The molecule has 1 amide bonds. The van der Waals surface area contributed by atoms with Crippen LogP contribution in [0.5, 0.6) is 0 Å². The lowest BCUT2D eigenvalue weighted by molar-refractivity contribution is -0.148. The summed E-state index contributed by atoms with van der Waals surface area (Å²) in [7, 11) is 0. The van der Waals surface area contributed by atoms with Crippen LogP contribution in [0.3, 0.4) is 0 Å². The number of nitrogens with zero attached hydrogens (tertiary/aromatic N) is 1. The highest BCUT2D eigenvalue weighted by atomic mass is 32.2. The van der Waals surface area contributed by atoms with E-state index in [2.05, 4.69) is 0 Å². The summed E-state index contributed by atoms with van der Waals surface area (Å²) in [5.74, 6) is -1.24. The summed E-state index contributed by atoms with van der Waals surface area (Å²) in [5.41, 5.74) is 0.787. The number of thioether (sulfide) groups is 1. The number of carboxylic acids is 1. The molecule has 2 atom stereocenters. The topological polar surface area (TPSA) is 74.7 Å². The zero-order valence-electron chi connectivity index (χ0n) is 13.2. The Hall–Kier alpha value is -1.30. The van der Waals surface area contributed by atoms with Crippen molar-refractivity contribution in [1.29, 1.82) is 0 Å². The van der Waals surface area contributed by atoms with E-state index in [1.54, 1.807) is 13.0 Å². The van der Waals surface area contributed by atoms with Crippen LogP contribution in [0.4, 0.5) is 0 Å². The first kappa shape index (κ1) is 17.8. The normalized spacial score (nSPS) is 20.1. The number of rotatable bonds is 4. The monoisotopic (exact) mass is 313 g/mol. The second-order valence-electron chi connectivity index (χ2n) is 6.39. The molecule has 2 unspecified atom stereocenters. The number of carboxylic acid groups (broad SMARTS) is 1. The minimum absolute atomic E-state index is 0.0423. The van der Waals surface area contributed by atoms with Gasteiger partial charge in [-0.25, -0.2) is 4.79 Å². The van der Waals surface area contributed by atoms with E-state index in [0.717, 1.165) is 17.3 Å². The Labute approximate surface area is 129 Å². The molecule has 1 aliphatic rings. The Bertz CT molecular complexity index is 479. The second-order valence-corrected chi connectivity index (χ2v) is 7.59. The van der Waals surface area contributed by atoms with Crippen LogP contribution in [0.25, 0.3) is 0 Å². The minimum Gasteiger partial charge on any atom is -0.479 e. The van der Waals surface area contributed by atoms with Gasteiger partial charge in [-0.15, -0.1) is 0 Å². The van der Waals surface area contributed by atoms with Crippen LogP contribution < -0.4 is 0 Å². The highest BCUT2D eigenvalue weighted by molar-refractivity contribution is 8.13. The number of carbonyl (C=O) groups excluding carboxylic acids is 2. The van der Waals surface area contributed by atoms with Gasteiger partial charge in [-0.05, 0) is 17.1 Å². The first-order valence-electron chi connectivity index (χ1n) is 6.92. The number of aliphatic carboxylic acids is 1. The van der Waals surface area contributed by atoms with Crippen LogP contribution in [0.2, 0.25) is 0 Å². The van der Waals surface area contributed by atoms with Gasteiger partial charge in [0.15, 0.2) is 5.12 Å². The van der Waals surface area contributed by atoms with Crippen molar-refractivity contribution in [3.8, 4) is 0 Å². The van der Waals surface area contributed by atoms with E-state index in [9.17, 15) is 19.5 Å². The Morgan fingerprint density at radius 2 is 2.00 bits per heavy atom. The van der Waals surface area contributed by atoms with Crippen LogP contribution in [-0.2, 0) is 14.4 Å². The Kier molecular flexibility index (Phi) is 5.61. The van der Waals surface area contributed by atoms with Crippen LogP contribution >= 0.6 is 11.8 Å². The van der Waals surface area contributed by atoms with Crippen molar-refractivity contribution in [3.63, 3.8) is 0 Å². The van der Waals surface area contributed by atoms with Gasteiger partial charge < -0.3 is 10.0 Å². The van der Waals surface area contributed by atoms with Crippen LogP contribution in [0.1, 0.15) is 34.6 Å². The van der Waals surface area contributed by atoms with Crippen molar-refractivity contribution in [3.05, 3.63) is 11.6 Å². The summed E-state index contributed by atoms with van der Waals surface area (Å²) in [6, 6.07) is -0.906. The predicted octanol–water partition coefficient (Wildman–Crippen LogP) is 2.17. The van der Waals surface area contributed by atoms with Gasteiger partial charge in [0.2, 0.25) is 5.91 Å². The van der Waals surface area contributed by atoms with Crippen LogP contribution in [0, 0.1) is 11.3 Å². The van der Waals surface area contributed by atoms with Gasteiger partial charge in [-0.3, -0.25) is 9.59 Å². The number of hydrogen-bond acceptors (Lipinski definition) is 4. The molecule has 118 valence electrons. The Balaban J connectivity index is 2.85. The fraction of sp³-hybridized carbons (Fsp3) is 0.667. The van der Waals surface area contributed by atoms with Crippen molar-refractivity contribution in [2.75, 3.05) is 12.3 Å². The fourth-order valence-electron chi connectivity index (χ4n) is 2.12. The van der Waals surface area contributed by atoms with E-state index in [4.69, 9.17) is 0 Å². The molecule has 1 heterocycles. The summed E-state index contributed by atoms with van der Waals surface area (Å²) in [6.07, 6.45) is 1.67. The van der Waals surface area contributed by atoms with E-state index >= 15 is 0 Å². The molecule has 5 nitrogen and oxygen atoms in total. The van der Waals surface area contributed by atoms with Gasteiger partial charge in [0.25, 0.3) is 0 Å². The third-order valence-electron chi connectivity index (χ3n) is 3.49. The first-order valence-corrected chi connectivity index (χ1v) is 7.90. The molecule has 1 aliphatic heterocycles. The van der Waals surface area contributed by atoms with Crippen molar-refractivity contribution in [2.24, 2.45) is 11.3 Å². The maximum Gasteiger partial charge on any atom is 0.330 e. The van der Waals surface area contributed by atoms with E-state index in [1.165, 1.54) is 11.8 Å². The van der Waals surface area contributed by atoms with E-state index in [1.807, 2.05) is 20.8 Å². The molecule has 0 fully saturated rings. The van der Waals surface area contributed by atoms with Crippen molar-refractivity contribution in [2.45, 2.75) is 40.7 Å². The standard InChI is InChI=1S/C15H23NO4S/c1-9(8-21-10(2)17)13(18)16-7-11(15(3,4)5)6-12(16)14(19)20/h6,9,12H,7-8H2,1-5H3,(H,19,20). The number of hydrogen-bond donors (Lipinski definition) is 1. The molecule has 0 saturated carbocycles. The Morgan fingerprint density at radius 1 is 1.43 bits per heavy atom. The maximum atomic E-state index is 12.4. The second kappa shape index (κ2) is 6.64. The van der Waals surface area contributed by atoms with Crippen LogP contribution in [0.15, 0.2) is 11.6 Å². The molecule has 0 aromatic heterocycles. The molecule has 0 aliphatic carbocycles. The SMILES string of the molecule is CC(=O)SCC(C)C(=O)N1CC(C(C)(C)C)=CC1C(=O)O. The summed E-state index contributed by atoms with van der Waals surface area (Å²) in [4.78, 5) is 36.2. The van der Waals surface area contributed by atoms with Gasteiger partial charge in [0, 0.05) is 25.1 Å². The minimum atomic E-state index is -1.02. The zero-order chi connectivity index (χ0) is 16.4. The summed E-state index contributed by atoms with van der Waals surface area (Å²) >= 11 is 1.09. The molecular weight excluding hydrogens is 290 g/mol. The summed E-state index contributed by atoms with van der Waals surface area (Å²) in [5, 5.41) is 9.28. The maximum absolute atomic E-state index is 12.4. The van der Waals surface area contributed by atoms with Crippen molar-refractivity contribution in [1.82, 2.24) is 4.90 Å².